The van der Waals surface area contributed by atoms with Crippen molar-refractivity contribution < 1.29 is 18.8 Å². The number of aromatic nitrogens is 1. The van der Waals surface area contributed by atoms with Crippen LogP contribution in [0.15, 0.2) is 34.9 Å². The van der Waals surface area contributed by atoms with Gasteiger partial charge in [-0.1, -0.05) is 17.3 Å². The molecule has 2 rings (SSSR count). The SMILES string of the molecule is COCCCNC(=O)c1ccccc1NC(=O)c1cc(C)no1. The summed E-state index contributed by atoms with van der Waals surface area (Å²) in [5.74, 6) is -0.617. The molecule has 0 spiro atoms. The molecule has 0 aliphatic carbocycles. The molecule has 0 aliphatic heterocycles. The normalized spacial score (nSPS) is 10.3. The van der Waals surface area contributed by atoms with Crippen LogP contribution in [0.25, 0.3) is 0 Å². The summed E-state index contributed by atoms with van der Waals surface area (Å²) in [6.45, 7) is 2.79. The number of benzene rings is 1. The maximum absolute atomic E-state index is 12.2. The van der Waals surface area contributed by atoms with Crippen molar-refractivity contribution in [3.05, 3.63) is 47.3 Å². The van der Waals surface area contributed by atoms with Crippen LogP contribution in [-0.2, 0) is 4.74 Å². The van der Waals surface area contributed by atoms with Crippen molar-refractivity contribution in [2.24, 2.45) is 0 Å². The number of anilines is 1. The van der Waals surface area contributed by atoms with Gasteiger partial charge in [-0.15, -0.1) is 0 Å². The summed E-state index contributed by atoms with van der Waals surface area (Å²) in [5, 5.41) is 9.12. The fourth-order valence-electron chi connectivity index (χ4n) is 1.96. The fraction of sp³-hybridized carbons (Fsp3) is 0.312. The van der Waals surface area contributed by atoms with Crippen LogP contribution in [-0.4, -0.2) is 37.2 Å². The summed E-state index contributed by atoms with van der Waals surface area (Å²) < 4.78 is 9.85. The Morgan fingerprint density at radius 2 is 2.04 bits per heavy atom. The molecular formula is C16H19N3O4. The first-order valence-corrected chi connectivity index (χ1v) is 7.22. The van der Waals surface area contributed by atoms with Crippen molar-refractivity contribution in [3.8, 4) is 0 Å². The highest BCUT2D eigenvalue weighted by Crippen LogP contribution is 2.16. The molecule has 0 saturated carbocycles. The number of hydrogen-bond acceptors (Lipinski definition) is 5. The molecule has 2 N–H and O–H groups in total. The van der Waals surface area contributed by atoms with Gasteiger partial charge in [-0.2, -0.15) is 0 Å². The number of methoxy groups -OCH3 is 1. The van der Waals surface area contributed by atoms with Crippen molar-refractivity contribution in [1.29, 1.82) is 0 Å². The molecule has 1 heterocycles. The molecule has 0 bridgehead atoms. The Bertz CT molecular complexity index is 681. The first-order valence-electron chi connectivity index (χ1n) is 7.22. The topological polar surface area (TPSA) is 93.5 Å². The Kier molecular flexibility index (Phi) is 5.87. The minimum absolute atomic E-state index is 0.0952. The molecule has 0 atom stereocenters. The smallest absolute Gasteiger partial charge is 0.294 e. The van der Waals surface area contributed by atoms with Gasteiger partial charge >= 0.3 is 0 Å². The zero-order chi connectivity index (χ0) is 16.7. The third-order valence-electron chi connectivity index (χ3n) is 3.08. The van der Waals surface area contributed by atoms with E-state index in [1.807, 2.05) is 0 Å². The Balaban J connectivity index is 2.05. The molecule has 7 nitrogen and oxygen atoms in total. The maximum Gasteiger partial charge on any atom is 0.294 e. The van der Waals surface area contributed by atoms with Crippen molar-refractivity contribution in [3.63, 3.8) is 0 Å². The van der Waals surface area contributed by atoms with Gasteiger partial charge in [0.15, 0.2) is 0 Å². The summed E-state index contributed by atoms with van der Waals surface area (Å²) in [6.07, 6.45) is 0.716. The number of nitrogens with zero attached hydrogens (tertiary/aromatic N) is 1. The van der Waals surface area contributed by atoms with E-state index in [9.17, 15) is 9.59 Å². The molecule has 122 valence electrons. The third kappa shape index (κ3) is 4.65. The molecule has 0 saturated heterocycles. The molecule has 1 aromatic heterocycles. The average molecular weight is 317 g/mol. The number of para-hydroxylation sites is 1. The predicted molar refractivity (Wildman–Crippen MR) is 84.5 cm³/mol. The van der Waals surface area contributed by atoms with Crippen molar-refractivity contribution >= 4 is 17.5 Å². The van der Waals surface area contributed by atoms with E-state index < -0.39 is 5.91 Å². The number of carbonyl (C=O) groups excluding carboxylic acids is 2. The van der Waals surface area contributed by atoms with E-state index in [4.69, 9.17) is 9.26 Å². The van der Waals surface area contributed by atoms with E-state index in [0.717, 1.165) is 0 Å². The van der Waals surface area contributed by atoms with E-state index in [1.54, 1.807) is 38.3 Å². The molecular weight excluding hydrogens is 298 g/mol. The predicted octanol–water partition coefficient (Wildman–Crippen LogP) is 2.00. The zero-order valence-electron chi connectivity index (χ0n) is 13.1. The summed E-state index contributed by atoms with van der Waals surface area (Å²) >= 11 is 0. The minimum atomic E-state index is -0.453. The lowest BCUT2D eigenvalue weighted by Crippen LogP contribution is -2.26. The van der Waals surface area contributed by atoms with Crippen molar-refractivity contribution in [2.45, 2.75) is 13.3 Å². The number of ether oxygens (including phenoxy) is 1. The quantitative estimate of drug-likeness (QED) is 0.762. The lowest BCUT2D eigenvalue weighted by Gasteiger charge is -2.10. The Labute approximate surface area is 134 Å². The average Bonchev–Trinajstić information content (AvgIpc) is 2.98. The first kappa shape index (κ1) is 16.7. The molecule has 0 fully saturated rings. The second kappa shape index (κ2) is 8.09. The molecule has 2 amide bonds. The van der Waals surface area contributed by atoms with Crippen LogP contribution in [0, 0.1) is 6.92 Å². The second-order valence-electron chi connectivity index (χ2n) is 4.93. The van der Waals surface area contributed by atoms with Crippen LogP contribution in [0.2, 0.25) is 0 Å². The monoisotopic (exact) mass is 317 g/mol. The lowest BCUT2D eigenvalue weighted by atomic mass is 10.1. The van der Waals surface area contributed by atoms with Gasteiger partial charge in [0.25, 0.3) is 11.8 Å². The highest BCUT2D eigenvalue weighted by molar-refractivity contribution is 6.07. The maximum atomic E-state index is 12.2. The van der Waals surface area contributed by atoms with E-state index in [-0.39, 0.29) is 11.7 Å². The molecule has 0 radical (unpaired) electrons. The van der Waals surface area contributed by atoms with Gasteiger partial charge in [-0.05, 0) is 25.5 Å². The summed E-state index contributed by atoms with van der Waals surface area (Å²) in [5.41, 5.74) is 1.41. The first-order chi connectivity index (χ1) is 11.1. The number of aryl methyl sites for hydroxylation is 1. The minimum Gasteiger partial charge on any atom is -0.385 e. The van der Waals surface area contributed by atoms with Gasteiger partial charge in [0.1, 0.15) is 0 Å². The number of hydrogen-bond donors (Lipinski definition) is 2. The number of carbonyl (C=O) groups is 2. The standard InChI is InChI=1S/C16H19N3O4/c1-11-10-14(23-19-11)16(21)18-13-7-4-3-6-12(13)15(20)17-8-5-9-22-2/h3-4,6-7,10H,5,8-9H2,1-2H3,(H,17,20)(H,18,21). The third-order valence-corrected chi connectivity index (χ3v) is 3.08. The van der Waals surface area contributed by atoms with E-state index in [1.165, 1.54) is 6.07 Å². The Morgan fingerprint density at radius 3 is 2.74 bits per heavy atom. The lowest BCUT2D eigenvalue weighted by molar-refractivity contribution is 0.0949. The van der Waals surface area contributed by atoms with Crippen molar-refractivity contribution in [2.75, 3.05) is 25.6 Å². The fourth-order valence-corrected chi connectivity index (χ4v) is 1.96. The molecule has 2 aromatic rings. The highest BCUT2D eigenvalue weighted by Gasteiger charge is 2.16. The summed E-state index contributed by atoms with van der Waals surface area (Å²) in [4.78, 5) is 24.3. The van der Waals surface area contributed by atoms with Crippen LogP contribution in [0.3, 0.4) is 0 Å². The van der Waals surface area contributed by atoms with Gasteiger partial charge in [0, 0.05) is 26.3 Å². The van der Waals surface area contributed by atoms with Gasteiger partial charge in [0.05, 0.1) is 16.9 Å². The zero-order valence-corrected chi connectivity index (χ0v) is 13.1. The number of nitrogens with one attached hydrogen (secondary N) is 2. The van der Waals surface area contributed by atoms with Crippen LogP contribution in [0.4, 0.5) is 5.69 Å². The molecule has 23 heavy (non-hydrogen) atoms. The second-order valence-corrected chi connectivity index (χ2v) is 4.93. The number of rotatable bonds is 7. The highest BCUT2D eigenvalue weighted by atomic mass is 16.5. The van der Waals surface area contributed by atoms with E-state index in [0.29, 0.717) is 36.5 Å². The van der Waals surface area contributed by atoms with Gasteiger partial charge in [-0.3, -0.25) is 9.59 Å². The number of amides is 2. The van der Waals surface area contributed by atoms with Crippen LogP contribution < -0.4 is 10.6 Å². The van der Waals surface area contributed by atoms with Gasteiger partial charge in [-0.25, -0.2) is 0 Å². The van der Waals surface area contributed by atoms with Gasteiger partial charge < -0.3 is 19.9 Å². The van der Waals surface area contributed by atoms with Crippen LogP contribution in [0.5, 0.6) is 0 Å². The molecule has 0 aliphatic rings. The summed E-state index contributed by atoms with van der Waals surface area (Å²) in [7, 11) is 1.61. The molecule has 1 aromatic carbocycles. The van der Waals surface area contributed by atoms with Crippen LogP contribution in [0.1, 0.15) is 33.0 Å². The Hall–Kier alpha value is -2.67. The van der Waals surface area contributed by atoms with E-state index >= 15 is 0 Å². The van der Waals surface area contributed by atoms with Crippen molar-refractivity contribution in [1.82, 2.24) is 10.5 Å². The van der Waals surface area contributed by atoms with Gasteiger partial charge in [0.2, 0.25) is 5.76 Å². The largest absolute Gasteiger partial charge is 0.385 e. The molecule has 7 heteroatoms. The Morgan fingerprint density at radius 1 is 1.26 bits per heavy atom. The van der Waals surface area contributed by atoms with E-state index in [2.05, 4.69) is 15.8 Å². The molecule has 0 unspecified atom stereocenters. The summed E-state index contributed by atoms with van der Waals surface area (Å²) in [6, 6.07) is 8.31. The van der Waals surface area contributed by atoms with Crippen LogP contribution >= 0.6 is 0 Å².